The van der Waals surface area contributed by atoms with Gasteiger partial charge in [0.25, 0.3) is 0 Å². The molecule has 1 aliphatic rings. The summed E-state index contributed by atoms with van der Waals surface area (Å²) < 4.78 is 5.60. The summed E-state index contributed by atoms with van der Waals surface area (Å²) in [6.07, 6.45) is 3.17. The van der Waals surface area contributed by atoms with Gasteiger partial charge in [-0.2, -0.15) is 0 Å². The SMILES string of the molecule is O=C(O)C1(OCCO)CCCCC1c1ccccc1. The lowest BCUT2D eigenvalue weighted by Crippen LogP contribution is -2.49. The third-order valence-corrected chi connectivity index (χ3v) is 3.87. The van der Waals surface area contributed by atoms with Crippen LogP contribution in [0.5, 0.6) is 0 Å². The summed E-state index contributed by atoms with van der Waals surface area (Å²) >= 11 is 0. The van der Waals surface area contributed by atoms with E-state index in [2.05, 4.69) is 0 Å². The molecule has 0 aliphatic heterocycles. The number of carbonyl (C=O) groups is 1. The second-order valence-corrected chi connectivity index (χ2v) is 4.98. The van der Waals surface area contributed by atoms with Crippen LogP contribution in [-0.2, 0) is 9.53 Å². The van der Waals surface area contributed by atoms with Crippen LogP contribution in [0.3, 0.4) is 0 Å². The van der Waals surface area contributed by atoms with Gasteiger partial charge in [-0.15, -0.1) is 0 Å². The molecular formula is C15H20O4. The molecule has 0 bridgehead atoms. The highest BCUT2D eigenvalue weighted by Crippen LogP contribution is 2.43. The molecule has 1 fully saturated rings. The maximum atomic E-state index is 11.8. The Labute approximate surface area is 113 Å². The molecule has 2 rings (SSSR count). The summed E-state index contributed by atoms with van der Waals surface area (Å²) in [6.45, 7) is -0.0911. The second kappa shape index (κ2) is 6.17. The zero-order chi connectivity index (χ0) is 13.7. The number of hydrogen-bond donors (Lipinski definition) is 2. The zero-order valence-electron chi connectivity index (χ0n) is 10.9. The standard InChI is InChI=1S/C15H20O4/c16-10-11-19-15(14(17)18)9-5-4-8-13(15)12-6-2-1-3-7-12/h1-3,6-7,13,16H,4-5,8-11H2,(H,17,18). The van der Waals surface area contributed by atoms with Crippen molar-refractivity contribution in [1.29, 1.82) is 0 Å². The van der Waals surface area contributed by atoms with Crippen molar-refractivity contribution in [1.82, 2.24) is 0 Å². The summed E-state index contributed by atoms with van der Waals surface area (Å²) in [6, 6.07) is 9.67. The van der Waals surface area contributed by atoms with E-state index >= 15 is 0 Å². The number of carboxylic acids is 1. The highest BCUT2D eigenvalue weighted by Gasteiger charge is 2.49. The predicted octanol–water partition coefficient (Wildman–Crippen LogP) is 2.18. The summed E-state index contributed by atoms with van der Waals surface area (Å²) in [7, 11) is 0. The highest BCUT2D eigenvalue weighted by atomic mass is 16.5. The molecule has 0 spiro atoms. The van der Waals surface area contributed by atoms with Gasteiger partial charge in [0.05, 0.1) is 13.2 Å². The number of ether oxygens (including phenoxy) is 1. The van der Waals surface area contributed by atoms with Gasteiger partial charge in [0, 0.05) is 5.92 Å². The molecule has 1 aromatic rings. The Morgan fingerprint density at radius 3 is 2.68 bits per heavy atom. The van der Waals surface area contributed by atoms with Gasteiger partial charge in [0.15, 0.2) is 5.60 Å². The van der Waals surface area contributed by atoms with Gasteiger partial charge in [-0.1, -0.05) is 36.8 Å². The molecule has 0 aromatic heterocycles. The average Bonchev–Trinajstić information content (AvgIpc) is 2.46. The van der Waals surface area contributed by atoms with Crippen LogP contribution in [0.2, 0.25) is 0 Å². The molecule has 0 heterocycles. The van der Waals surface area contributed by atoms with Gasteiger partial charge in [-0.3, -0.25) is 0 Å². The van der Waals surface area contributed by atoms with Crippen molar-refractivity contribution in [3.05, 3.63) is 35.9 Å². The lowest BCUT2D eigenvalue weighted by molar-refractivity contribution is -0.175. The molecular weight excluding hydrogens is 244 g/mol. The van der Waals surface area contributed by atoms with E-state index in [4.69, 9.17) is 9.84 Å². The Hall–Kier alpha value is -1.39. The van der Waals surface area contributed by atoms with E-state index in [0.717, 1.165) is 24.8 Å². The molecule has 0 saturated heterocycles. The fourth-order valence-corrected chi connectivity index (χ4v) is 2.98. The van der Waals surface area contributed by atoms with Crippen LogP contribution in [0.1, 0.15) is 37.2 Å². The van der Waals surface area contributed by atoms with E-state index in [1.807, 2.05) is 30.3 Å². The fraction of sp³-hybridized carbons (Fsp3) is 0.533. The Morgan fingerprint density at radius 2 is 2.05 bits per heavy atom. The van der Waals surface area contributed by atoms with Crippen molar-refractivity contribution < 1.29 is 19.7 Å². The fourth-order valence-electron chi connectivity index (χ4n) is 2.98. The van der Waals surface area contributed by atoms with E-state index in [-0.39, 0.29) is 19.1 Å². The molecule has 1 aliphatic carbocycles. The Morgan fingerprint density at radius 1 is 1.32 bits per heavy atom. The molecule has 1 saturated carbocycles. The van der Waals surface area contributed by atoms with Crippen molar-refractivity contribution in [3.63, 3.8) is 0 Å². The smallest absolute Gasteiger partial charge is 0.336 e. The van der Waals surface area contributed by atoms with Gasteiger partial charge < -0.3 is 14.9 Å². The first-order valence-corrected chi connectivity index (χ1v) is 6.74. The number of aliphatic hydroxyl groups excluding tert-OH is 1. The first-order chi connectivity index (χ1) is 9.20. The number of benzene rings is 1. The van der Waals surface area contributed by atoms with Gasteiger partial charge in [-0.05, 0) is 24.8 Å². The Kier molecular flexibility index (Phi) is 4.56. The maximum Gasteiger partial charge on any atom is 0.336 e. The molecule has 104 valence electrons. The van der Waals surface area contributed by atoms with E-state index < -0.39 is 11.6 Å². The van der Waals surface area contributed by atoms with E-state index in [9.17, 15) is 9.90 Å². The maximum absolute atomic E-state index is 11.8. The summed E-state index contributed by atoms with van der Waals surface area (Å²) in [5.74, 6) is -1.07. The molecule has 19 heavy (non-hydrogen) atoms. The zero-order valence-corrected chi connectivity index (χ0v) is 10.9. The molecule has 2 atom stereocenters. The van der Waals surface area contributed by atoms with Gasteiger partial charge in [0.2, 0.25) is 0 Å². The molecule has 0 amide bonds. The lowest BCUT2D eigenvalue weighted by Gasteiger charge is -2.40. The lowest BCUT2D eigenvalue weighted by atomic mass is 9.71. The van der Waals surface area contributed by atoms with Crippen LogP contribution in [0.15, 0.2) is 30.3 Å². The largest absolute Gasteiger partial charge is 0.479 e. The highest BCUT2D eigenvalue weighted by molar-refractivity contribution is 5.79. The van der Waals surface area contributed by atoms with Gasteiger partial charge in [0.1, 0.15) is 0 Å². The van der Waals surface area contributed by atoms with Crippen LogP contribution in [0, 0.1) is 0 Å². The number of rotatable bonds is 5. The Bertz CT molecular complexity index is 417. The predicted molar refractivity (Wildman–Crippen MR) is 71.1 cm³/mol. The monoisotopic (exact) mass is 264 g/mol. The normalized spacial score (nSPS) is 27.1. The van der Waals surface area contributed by atoms with E-state index in [1.165, 1.54) is 0 Å². The van der Waals surface area contributed by atoms with Gasteiger partial charge >= 0.3 is 5.97 Å². The minimum Gasteiger partial charge on any atom is -0.479 e. The van der Waals surface area contributed by atoms with E-state index in [0.29, 0.717) is 6.42 Å². The van der Waals surface area contributed by atoms with Crippen molar-refractivity contribution in [2.75, 3.05) is 13.2 Å². The molecule has 2 unspecified atom stereocenters. The summed E-state index contributed by atoms with van der Waals surface area (Å²) in [5, 5.41) is 18.6. The molecule has 1 aromatic carbocycles. The number of aliphatic carboxylic acids is 1. The van der Waals surface area contributed by atoms with Crippen LogP contribution < -0.4 is 0 Å². The number of carboxylic acid groups (broad SMARTS) is 1. The van der Waals surface area contributed by atoms with Gasteiger partial charge in [-0.25, -0.2) is 4.79 Å². The van der Waals surface area contributed by atoms with Crippen molar-refractivity contribution in [3.8, 4) is 0 Å². The van der Waals surface area contributed by atoms with Crippen molar-refractivity contribution in [2.24, 2.45) is 0 Å². The van der Waals surface area contributed by atoms with E-state index in [1.54, 1.807) is 0 Å². The number of aliphatic hydroxyl groups is 1. The topological polar surface area (TPSA) is 66.8 Å². The minimum absolute atomic E-state index is 0.0651. The summed E-state index contributed by atoms with van der Waals surface area (Å²) in [5.41, 5.74) is -0.190. The quantitative estimate of drug-likeness (QED) is 0.855. The van der Waals surface area contributed by atoms with Crippen molar-refractivity contribution in [2.45, 2.75) is 37.2 Å². The van der Waals surface area contributed by atoms with Crippen molar-refractivity contribution >= 4 is 5.97 Å². The van der Waals surface area contributed by atoms with Crippen LogP contribution in [0.25, 0.3) is 0 Å². The van der Waals surface area contributed by atoms with Crippen LogP contribution in [-0.4, -0.2) is 35.0 Å². The first kappa shape index (κ1) is 14.0. The molecule has 0 radical (unpaired) electrons. The summed E-state index contributed by atoms with van der Waals surface area (Å²) in [4.78, 5) is 11.8. The molecule has 2 N–H and O–H groups in total. The molecule has 4 heteroatoms. The van der Waals surface area contributed by atoms with Crippen LogP contribution in [0.4, 0.5) is 0 Å². The second-order valence-electron chi connectivity index (χ2n) is 4.98. The average molecular weight is 264 g/mol. The number of hydrogen-bond acceptors (Lipinski definition) is 3. The minimum atomic E-state index is -1.19. The Balaban J connectivity index is 2.33. The van der Waals surface area contributed by atoms with Crippen LogP contribution >= 0.6 is 0 Å². The first-order valence-electron chi connectivity index (χ1n) is 6.74. The third-order valence-electron chi connectivity index (χ3n) is 3.87. The molecule has 4 nitrogen and oxygen atoms in total. The third kappa shape index (κ3) is 2.80.